The van der Waals surface area contributed by atoms with Crippen molar-refractivity contribution < 1.29 is 9.53 Å². The molecular formula is C12H22N2O2. The number of carbonyl (C=O) groups excluding carboxylic acids is 1. The fourth-order valence-electron chi connectivity index (χ4n) is 1.56. The number of ether oxygens (including phenoxy) is 1. The summed E-state index contributed by atoms with van der Waals surface area (Å²) in [4.78, 5) is 15.7. The van der Waals surface area contributed by atoms with Gasteiger partial charge in [0.15, 0.2) is 0 Å². The normalized spacial score (nSPS) is 21.9. The van der Waals surface area contributed by atoms with Crippen LogP contribution in [0.15, 0.2) is 11.9 Å². The highest BCUT2D eigenvalue weighted by atomic mass is 16.6. The van der Waals surface area contributed by atoms with E-state index in [9.17, 15) is 4.79 Å². The third-order valence-corrected chi connectivity index (χ3v) is 2.57. The van der Waals surface area contributed by atoms with Crippen LogP contribution in [-0.4, -0.2) is 41.1 Å². The first-order chi connectivity index (χ1) is 7.20. The lowest BCUT2D eigenvalue weighted by molar-refractivity contribution is 0.0256. The van der Waals surface area contributed by atoms with Crippen molar-refractivity contribution >= 4 is 6.09 Å². The van der Waals surface area contributed by atoms with Gasteiger partial charge in [0.25, 0.3) is 0 Å². The van der Waals surface area contributed by atoms with Gasteiger partial charge in [-0.15, -0.1) is 0 Å². The fourth-order valence-corrected chi connectivity index (χ4v) is 1.56. The SMILES string of the molecule is CC1=CN(C)[C@@H](C)CN1C(=O)OC(C)(C)C. The summed E-state index contributed by atoms with van der Waals surface area (Å²) >= 11 is 0. The summed E-state index contributed by atoms with van der Waals surface area (Å²) in [6.07, 6.45) is 1.71. The molecule has 1 heterocycles. The predicted molar refractivity (Wildman–Crippen MR) is 63.9 cm³/mol. The molecular weight excluding hydrogens is 204 g/mol. The molecule has 1 aliphatic heterocycles. The summed E-state index contributed by atoms with van der Waals surface area (Å²) in [6.45, 7) is 10.3. The maximum atomic E-state index is 11.9. The number of rotatable bonds is 0. The third-order valence-electron chi connectivity index (χ3n) is 2.57. The first-order valence-electron chi connectivity index (χ1n) is 5.61. The van der Waals surface area contributed by atoms with E-state index in [0.29, 0.717) is 12.6 Å². The number of hydrogen-bond donors (Lipinski definition) is 0. The Morgan fingerprint density at radius 3 is 2.56 bits per heavy atom. The zero-order valence-electron chi connectivity index (χ0n) is 11.1. The summed E-state index contributed by atoms with van der Waals surface area (Å²) in [6, 6.07) is 0.316. The van der Waals surface area contributed by atoms with Gasteiger partial charge >= 0.3 is 6.09 Å². The minimum Gasteiger partial charge on any atom is -0.443 e. The second kappa shape index (κ2) is 4.36. The highest BCUT2D eigenvalue weighted by molar-refractivity contribution is 5.70. The highest BCUT2D eigenvalue weighted by Crippen LogP contribution is 2.19. The smallest absolute Gasteiger partial charge is 0.414 e. The van der Waals surface area contributed by atoms with Gasteiger partial charge in [0.2, 0.25) is 0 Å². The summed E-state index contributed by atoms with van der Waals surface area (Å²) in [7, 11) is 2.01. The van der Waals surface area contributed by atoms with Gasteiger partial charge in [0, 0.05) is 31.5 Å². The van der Waals surface area contributed by atoms with Crippen LogP contribution in [0.1, 0.15) is 34.6 Å². The van der Waals surface area contributed by atoms with Crippen LogP contribution in [0.4, 0.5) is 4.79 Å². The Labute approximate surface area is 97.9 Å². The summed E-state index contributed by atoms with van der Waals surface area (Å²) in [5.41, 5.74) is 0.485. The average Bonchev–Trinajstić information content (AvgIpc) is 2.08. The molecule has 0 radical (unpaired) electrons. The van der Waals surface area contributed by atoms with E-state index in [-0.39, 0.29) is 6.09 Å². The van der Waals surface area contributed by atoms with Gasteiger partial charge in [-0.25, -0.2) is 4.79 Å². The summed E-state index contributed by atoms with van der Waals surface area (Å²) < 4.78 is 5.36. The highest BCUT2D eigenvalue weighted by Gasteiger charge is 2.28. The maximum absolute atomic E-state index is 11.9. The molecule has 4 heteroatoms. The van der Waals surface area contributed by atoms with E-state index < -0.39 is 5.60 Å². The zero-order chi connectivity index (χ0) is 12.5. The molecule has 0 aliphatic carbocycles. The van der Waals surface area contributed by atoms with Gasteiger partial charge in [0.1, 0.15) is 5.60 Å². The molecule has 0 aromatic heterocycles. The quantitative estimate of drug-likeness (QED) is 0.636. The number of carbonyl (C=O) groups is 1. The molecule has 0 saturated heterocycles. The van der Waals surface area contributed by atoms with Crippen LogP contribution >= 0.6 is 0 Å². The van der Waals surface area contributed by atoms with Crippen molar-refractivity contribution in [2.45, 2.75) is 46.3 Å². The summed E-state index contributed by atoms with van der Waals surface area (Å²) in [5.74, 6) is 0. The molecule has 0 aromatic rings. The topological polar surface area (TPSA) is 32.8 Å². The number of allylic oxidation sites excluding steroid dienone is 1. The molecule has 1 rings (SSSR count). The molecule has 0 aromatic carbocycles. The number of amides is 1. The standard InChI is InChI=1S/C12H22N2O2/c1-9-8-14(10(2)7-13(9)6)11(15)16-12(3,4)5/h7,9H,8H2,1-6H3/t9-/m0/s1. The van der Waals surface area contributed by atoms with Gasteiger partial charge in [-0.05, 0) is 34.6 Å². The molecule has 0 unspecified atom stereocenters. The molecule has 0 saturated carbocycles. The second-order valence-corrected chi connectivity index (χ2v) is 5.38. The van der Waals surface area contributed by atoms with E-state index in [1.54, 1.807) is 4.90 Å². The Hall–Kier alpha value is -1.19. The van der Waals surface area contributed by atoms with Crippen molar-refractivity contribution in [1.29, 1.82) is 0 Å². The number of nitrogens with zero attached hydrogens (tertiary/aromatic N) is 2. The predicted octanol–water partition coefficient (Wildman–Crippen LogP) is 2.42. The Morgan fingerprint density at radius 1 is 1.50 bits per heavy atom. The van der Waals surface area contributed by atoms with Gasteiger partial charge < -0.3 is 9.64 Å². The lowest BCUT2D eigenvalue weighted by Crippen LogP contribution is -2.46. The van der Waals surface area contributed by atoms with Gasteiger partial charge in [-0.3, -0.25) is 4.90 Å². The molecule has 4 nitrogen and oxygen atoms in total. The van der Waals surface area contributed by atoms with Crippen molar-refractivity contribution in [3.05, 3.63) is 11.9 Å². The Morgan fingerprint density at radius 2 is 2.06 bits per heavy atom. The van der Waals surface area contributed by atoms with Crippen molar-refractivity contribution in [3.63, 3.8) is 0 Å². The largest absolute Gasteiger partial charge is 0.443 e. The van der Waals surface area contributed by atoms with Crippen LogP contribution in [0.2, 0.25) is 0 Å². The monoisotopic (exact) mass is 226 g/mol. The number of likely N-dealkylation sites (N-methyl/N-ethyl adjacent to an activating group) is 1. The molecule has 1 amide bonds. The van der Waals surface area contributed by atoms with Crippen LogP contribution < -0.4 is 0 Å². The fraction of sp³-hybridized carbons (Fsp3) is 0.750. The minimum atomic E-state index is -0.441. The zero-order valence-corrected chi connectivity index (χ0v) is 11.1. The van der Waals surface area contributed by atoms with E-state index in [4.69, 9.17) is 4.74 Å². The van der Waals surface area contributed by atoms with Crippen LogP contribution in [0, 0.1) is 0 Å². The number of hydrogen-bond acceptors (Lipinski definition) is 3. The summed E-state index contributed by atoms with van der Waals surface area (Å²) in [5, 5.41) is 0. The lowest BCUT2D eigenvalue weighted by Gasteiger charge is -2.37. The van der Waals surface area contributed by atoms with Gasteiger partial charge in [-0.2, -0.15) is 0 Å². The second-order valence-electron chi connectivity index (χ2n) is 5.38. The maximum Gasteiger partial charge on any atom is 0.414 e. The minimum absolute atomic E-state index is 0.263. The molecule has 92 valence electrons. The van der Waals surface area contributed by atoms with Crippen molar-refractivity contribution in [2.75, 3.05) is 13.6 Å². The van der Waals surface area contributed by atoms with Gasteiger partial charge in [0.05, 0.1) is 0 Å². The average molecular weight is 226 g/mol. The lowest BCUT2D eigenvalue weighted by atomic mass is 10.2. The third kappa shape index (κ3) is 3.15. The van der Waals surface area contributed by atoms with E-state index in [0.717, 1.165) is 5.70 Å². The van der Waals surface area contributed by atoms with E-state index >= 15 is 0 Å². The van der Waals surface area contributed by atoms with Crippen molar-refractivity contribution in [3.8, 4) is 0 Å². The Balaban J connectivity index is 2.74. The molecule has 1 atom stereocenters. The molecule has 0 bridgehead atoms. The first kappa shape index (κ1) is 12.9. The van der Waals surface area contributed by atoms with E-state index in [2.05, 4.69) is 11.8 Å². The molecule has 0 spiro atoms. The van der Waals surface area contributed by atoms with Gasteiger partial charge in [-0.1, -0.05) is 0 Å². The molecule has 0 fully saturated rings. The Bertz CT molecular complexity index is 305. The van der Waals surface area contributed by atoms with Crippen LogP contribution in [-0.2, 0) is 4.74 Å². The molecule has 1 aliphatic rings. The molecule has 16 heavy (non-hydrogen) atoms. The van der Waals surface area contributed by atoms with E-state index in [1.165, 1.54) is 0 Å². The van der Waals surface area contributed by atoms with Crippen molar-refractivity contribution in [1.82, 2.24) is 9.80 Å². The van der Waals surface area contributed by atoms with Crippen LogP contribution in [0.3, 0.4) is 0 Å². The first-order valence-corrected chi connectivity index (χ1v) is 5.61. The Kier molecular flexibility index (Phi) is 3.51. The van der Waals surface area contributed by atoms with E-state index in [1.807, 2.05) is 40.9 Å². The van der Waals surface area contributed by atoms with Crippen molar-refractivity contribution in [2.24, 2.45) is 0 Å². The molecule has 0 N–H and O–H groups in total. The van der Waals surface area contributed by atoms with Crippen LogP contribution in [0.5, 0.6) is 0 Å². The van der Waals surface area contributed by atoms with Crippen LogP contribution in [0.25, 0.3) is 0 Å².